The number of carbonyl (C=O) groups is 1. The highest BCUT2D eigenvalue weighted by atomic mass is 32.2. The minimum absolute atomic E-state index is 0.0877. The average molecular weight is 469 g/mol. The van der Waals surface area contributed by atoms with E-state index in [-0.39, 0.29) is 10.9 Å². The average Bonchev–Trinajstić information content (AvgIpc) is 2.75. The number of halogens is 1. The maximum absolute atomic E-state index is 13.4. The van der Waals surface area contributed by atoms with E-state index >= 15 is 0 Å². The van der Waals surface area contributed by atoms with Crippen LogP contribution in [0.4, 0.5) is 10.1 Å². The zero-order chi connectivity index (χ0) is 24.3. The second-order valence-electron chi connectivity index (χ2n) is 8.38. The SMILES string of the molecule is Cc1ccc(N(CC(=O)NC(C)c2cc(C)c(C)cc2C)S(=O)(=O)c2ccc(F)cc2)cc1. The fourth-order valence-corrected chi connectivity index (χ4v) is 5.13. The molecule has 3 aromatic rings. The fraction of sp³-hybridized carbons (Fsp3) is 0.269. The molecule has 0 saturated heterocycles. The molecule has 3 aromatic carbocycles. The van der Waals surface area contributed by atoms with Crippen LogP contribution in [-0.2, 0) is 14.8 Å². The molecule has 33 heavy (non-hydrogen) atoms. The van der Waals surface area contributed by atoms with Crippen molar-refractivity contribution in [1.29, 1.82) is 0 Å². The van der Waals surface area contributed by atoms with E-state index in [1.54, 1.807) is 24.3 Å². The van der Waals surface area contributed by atoms with Gasteiger partial charge in [-0.15, -0.1) is 0 Å². The van der Waals surface area contributed by atoms with Crippen molar-refractivity contribution in [2.45, 2.75) is 45.6 Å². The van der Waals surface area contributed by atoms with Gasteiger partial charge in [0.15, 0.2) is 0 Å². The van der Waals surface area contributed by atoms with Crippen molar-refractivity contribution in [2.75, 3.05) is 10.8 Å². The third kappa shape index (κ3) is 5.60. The van der Waals surface area contributed by atoms with E-state index in [1.165, 1.54) is 17.7 Å². The van der Waals surface area contributed by atoms with Crippen molar-refractivity contribution < 1.29 is 17.6 Å². The van der Waals surface area contributed by atoms with Crippen LogP contribution in [0.1, 0.15) is 40.8 Å². The van der Waals surface area contributed by atoms with E-state index in [0.717, 1.165) is 38.7 Å². The van der Waals surface area contributed by atoms with Gasteiger partial charge < -0.3 is 5.32 Å². The Balaban J connectivity index is 1.90. The molecule has 7 heteroatoms. The second kappa shape index (κ2) is 9.75. The number of sulfonamides is 1. The Morgan fingerprint density at radius 2 is 1.48 bits per heavy atom. The zero-order valence-corrected chi connectivity index (χ0v) is 20.3. The smallest absolute Gasteiger partial charge is 0.264 e. The van der Waals surface area contributed by atoms with E-state index < -0.39 is 28.3 Å². The Kier molecular flexibility index (Phi) is 7.22. The molecule has 0 heterocycles. The summed E-state index contributed by atoms with van der Waals surface area (Å²) in [5.41, 5.74) is 5.65. The number of aryl methyl sites for hydroxylation is 4. The van der Waals surface area contributed by atoms with Crippen LogP contribution in [0, 0.1) is 33.5 Å². The standard InChI is InChI=1S/C26H29FN2O3S/c1-17-6-10-23(11-7-17)29(33(31,32)24-12-8-22(27)9-13-24)16-26(30)28-21(5)25-15-19(3)18(2)14-20(25)4/h6-15,21H,16H2,1-5H3,(H,28,30). The first-order chi connectivity index (χ1) is 15.5. The predicted molar refractivity (Wildman–Crippen MR) is 129 cm³/mol. The molecular formula is C26H29FN2O3S. The molecule has 0 fully saturated rings. The van der Waals surface area contributed by atoms with Gasteiger partial charge in [-0.25, -0.2) is 12.8 Å². The van der Waals surface area contributed by atoms with Crippen LogP contribution in [0.5, 0.6) is 0 Å². The number of hydrogen-bond acceptors (Lipinski definition) is 3. The van der Waals surface area contributed by atoms with Gasteiger partial charge in [0.1, 0.15) is 12.4 Å². The van der Waals surface area contributed by atoms with Gasteiger partial charge >= 0.3 is 0 Å². The molecule has 0 aliphatic heterocycles. The molecular weight excluding hydrogens is 439 g/mol. The van der Waals surface area contributed by atoms with E-state index in [0.29, 0.717) is 5.69 Å². The molecule has 1 unspecified atom stereocenters. The van der Waals surface area contributed by atoms with Crippen molar-refractivity contribution in [1.82, 2.24) is 5.32 Å². The number of rotatable bonds is 7. The summed E-state index contributed by atoms with van der Waals surface area (Å²) < 4.78 is 41.2. The van der Waals surface area contributed by atoms with Gasteiger partial charge in [0.25, 0.3) is 10.0 Å². The molecule has 0 aliphatic carbocycles. The van der Waals surface area contributed by atoms with Crippen molar-refractivity contribution >= 4 is 21.6 Å². The lowest BCUT2D eigenvalue weighted by molar-refractivity contribution is -0.120. The van der Waals surface area contributed by atoms with Crippen molar-refractivity contribution in [3.8, 4) is 0 Å². The van der Waals surface area contributed by atoms with Gasteiger partial charge in [0.05, 0.1) is 16.6 Å². The highest BCUT2D eigenvalue weighted by Crippen LogP contribution is 2.25. The van der Waals surface area contributed by atoms with Crippen LogP contribution in [0.25, 0.3) is 0 Å². The second-order valence-corrected chi connectivity index (χ2v) is 10.2. The van der Waals surface area contributed by atoms with Crippen LogP contribution >= 0.6 is 0 Å². The van der Waals surface area contributed by atoms with Gasteiger partial charge in [0, 0.05) is 0 Å². The van der Waals surface area contributed by atoms with Crippen molar-refractivity contribution in [3.05, 3.63) is 94.3 Å². The van der Waals surface area contributed by atoms with E-state index in [4.69, 9.17) is 0 Å². The Bertz CT molecular complexity index is 1250. The number of carbonyl (C=O) groups excluding carboxylic acids is 1. The normalized spacial score (nSPS) is 12.3. The van der Waals surface area contributed by atoms with E-state index in [1.807, 2.05) is 40.7 Å². The molecule has 3 rings (SSSR count). The van der Waals surface area contributed by atoms with Crippen LogP contribution in [-0.4, -0.2) is 20.9 Å². The minimum atomic E-state index is -4.09. The number of anilines is 1. The monoisotopic (exact) mass is 468 g/mol. The summed E-state index contributed by atoms with van der Waals surface area (Å²) in [4.78, 5) is 12.9. The molecule has 1 amide bonds. The van der Waals surface area contributed by atoms with Crippen LogP contribution < -0.4 is 9.62 Å². The molecule has 0 spiro atoms. The molecule has 174 valence electrons. The summed E-state index contributed by atoms with van der Waals surface area (Å²) in [6.07, 6.45) is 0. The fourth-order valence-electron chi connectivity index (χ4n) is 3.70. The molecule has 0 aliphatic rings. The van der Waals surface area contributed by atoms with Crippen LogP contribution in [0.2, 0.25) is 0 Å². The third-order valence-corrected chi connectivity index (χ3v) is 7.53. The van der Waals surface area contributed by atoms with Gasteiger partial charge in [-0.2, -0.15) is 0 Å². The van der Waals surface area contributed by atoms with Gasteiger partial charge in [0.2, 0.25) is 5.91 Å². The first kappa shape index (κ1) is 24.5. The number of amides is 1. The maximum Gasteiger partial charge on any atom is 0.264 e. The number of nitrogens with one attached hydrogen (secondary N) is 1. The predicted octanol–water partition coefficient (Wildman–Crippen LogP) is 5.13. The Labute approximate surface area is 195 Å². The van der Waals surface area contributed by atoms with Gasteiger partial charge in [-0.3, -0.25) is 9.10 Å². The highest BCUT2D eigenvalue weighted by molar-refractivity contribution is 7.92. The molecule has 0 bridgehead atoms. The maximum atomic E-state index is 13.4. The lowest BCUT2D eigenvalue weighted by Crippen LogP contribution is -2.41. The summed E-state index contributed by atoms with van der Waals surface area (Å²) in [5, 5.41) is 2.92. The largest absolute Gasteiger partial charge is 0.348 e. The zero-order valence-electron chi connectivity index (χ0n) is 19.5. The Morgan fingerprint density at radius 3 is 2.09 bits per heavy atom. The highest BCUT2D eigenvalue weighted by Gasteiger charge is 2.28. The quantitative estimate of drug-likeness (QED) is 0.523. The third-order valence-electron chi connectivity index (χ3n) is 5.74. The minimum Gasteiger partial charge on any atom is -0.348 e. The molecule has 0 saturated carbocycles. The van der Waals surface area contributed by atoms with Crippen LogP contribution in [0.3, 0.4) is 0 Å². The molecule has 1 N–H and O–H groups in total. The lowest BCUT2D eigenvalue weighted by Gasteiger charge is -2.25. The number of hydrogen-bond donors (Lipinski definition) is 1. The Morgan fingerprint density at radius 1 is 0.909 bits per heavy atom. The number of benzene rings is 3. The summed E-state index contributed by atoms with van der Waals surface area (Å²) in [6.45, 7) is 9.40. The summed E-state index contributed by atoms with van der Waals surface area (Å²) in [7, 11) is -4.09. The van der Waals surface area contributed by atoms with Crippen molar-refractivity contribution in [3.63, 3.8) is 0 Å². The topological polar surface area (TPSA) is 66.5 Å². The van der Waals surface area contributed by atoms with Gasteiger partial charge in [-0.05, 0) is 93.3 Å². The first-order valence-corrected chi connectivity index (χ1v) is 12.1. The molecule has 0 radical (unpaired) electrons. The molecule has 1 atom stereocenters. The van der Waals surface area contributed by atoms with E-state index in [9.17, 15) is 17.6 Å². The Hall–Kier alpha value is -3.19. The molecule has 0 aromatic heterocycles. The summed E-state index contributed by atoms with van der Waals surface area (Å²) in [6, 6.07) is 15.3. The number of nitrogens with zero attached hydrogens (tertiary/aromatic N) is 1. The van der Waals surface area contributed by atoms with E-state index in [2.05, 4.69) is 11.4 Å². The van der Waals surface area contributed by atoms with Crippen molar-refractivity contribution in [2.24, 2.45) is 0 Å². The van der Waals surface area contributed by atoms with Crippen LogP contribution in [0.15, 0.2) is 65.6 Å². The van der Waals surface area contributed by atoms with Gasteiger partial charge in [-0.1, -0.05) is 29.8 Å². The molecule has 5 nitrogen and oxygen atoms in total. The summed E-state index contributed by atoms with van der Waals surface area (Å²) >= 11 is 0. The summed E-state index contributed by atoms with van der Waals surface area (Å²) in [5.74, 6) is -0.974. The first-order valence-electron chi connectivity index (χ1n) is 10.7. The lowest BCUT2D eigenvalue weighted by atomic mass is 9.96.